The zero-order chi connectivity index (χ0) is 14.7. The first-order valence-corrected chi connectivity index (χ1v) is 7.33. The molecule has 0 spiro atoms. The van der Waals surface area contributed by atoms with Crippen molar-refractivity contribution in [1.29, 1.82) is 0 Å². The van der Waals surface area contributed by atoms with Gasteiger partial charge in [0, 0.05) is 24.4 Å². The molecule has 1 aliphatic carbocycles. The summed E-state index contributed by atoms with van der Waals surface area (Å²) in [5, 5.41) is 6.55. The summed E-state index contributed by atoms with van der Waals surface area (Å²) in [5.41, 5.74) is 2.64. The molecule has 3 rings (SSSR count). The molecule has 1 aliphatic rings. The molecule has 1 amide bonds. The molecule has 2 aromatic heterocycles. The molecule has 6 nitrogen and oxygen atoms in total. The molecule has 0 saturated heterocycles. The summed E-state index contributed by atoms with van der Waals surface area (Å²) in [4.78, 5) is 20.7. The molecular formula is C15H18N4O2. The average Bonchev–Trinajstić information content (AvgIpc) is 3.13. The van der Waals surface area contributed by atoms with Crippen LogP contribution in [0.2, 0.25) is 0 Å². The monoisotopic (exact) mass is 286 g/mol. The summed E-state index contributed by atoms with van der Waals surface area (Å²) in [7, 11) is 0. The van der Waals surface area contributed by atoms with Crippen molar-refractivity contribution in [3.63, 3.8) is 0 Å². The summed E-state index contributed by atoms with van der Waals surface area (Å²) >= 11 is 0. The lowest BCUT2D eigenvalue weighted by molar-refractivity contribution is 0.0940. The maximum atomic E-state index is 12.0. The summed E-state index contributed by atoms with van der Waals surface area (Å²) < 4.78 is 5.10. The molecule has 110 valence electrons. The molecule has 21 heavy (non-hydrogen) atoms. The lowest BCUT2D eigenvalue weighted by Crippen LogP contribution is -2.24. The van der Waals surface area contributed by atoms with Crippen LogP contribution < -0.4 is 5.32 Å². The largest absolute Gasteiger partial charge is 0.361 e. The quantitative estimate of drug-likeness (QED) is 0.907. The second-order valence-electron chi connectivity index (χ2n) is 5.22. The van der Waals surface area contributed by atoms with Crippen molar-refractivity contribution in [2.75, 3.05) is 0 Å². The molecule has 0 unspecified atom stereocenters. The van der Waals surface area contributed by atoms with Crippen LogP contribution in [-0.2, 0) is 25.8 Å². The van der Waals surface area contributed by atoms with Gasteiger partial charge in [-0.15, -0.1) is 0 Å². The molecule has 0 aromatic carbocycles. The van der Waals surface area contributed by atoms with Crippen molar-refractivity contribution in [3.05, 3.63) is 40.8 Å². The summed E-state index contributed by atoms with van der Waals surface area (Å²) in [6.07, 6.45) is 6.81. The molecule has 0 radical (unpaired) electrons. The predicted octanol–water partition coefficient (Wildman–Crippen LogP) is 1.84. The number of carbonyl (C=O) groups excluding carboxylic acids is 1. The van der Waals surface area contributed by atoms with Gasteiger partial charge in [0.1, 0.15) is 11.6 Å². The van der Waals surface area contributed by atoms with E-state index in [9.17, 15) is 4.79 Å². The molecule has 0 atom stereocenters. The highest BCUT2D eigenvalue weighted by atomic mass is 16.5. The van der Waals surface area contributed by atoms with Crippen LogP contribution in [0.5, 0.6) is 0 Å². The van der Waals surface area contributed by atoms with Crippen molar-refractivity contribution in [1.82, 2.24) is 20.4 Å². The van der Waals surface area contributed by atoms with Crippen molar-refractivity contribution < 1.29 is 9.32 Å². The fourth-order valence-electron chi connectivity index (χ4n) is 2.47. The minimum absolute atomic E-state index is 0.259. The van der Waals surface area contributed by atoms with Crippen LogP contribution >= 0.6 is 0 Å². The van der Waals surface area contributed by atoms with Crippen LogP contribution in [0.4, 0.5) is 0 Å². The number of nitrogens with one attached hydrogen (secondary N) is 1. The van der Waals surface area contributed by atoms with Crippen LogP contribution in [0, 0.1) is 0 Å². The van der Waals surface area contributed by atoms with E-state index in [1.807, 2.05) is 13.1 Å². The molecular weight excluding hydrogens is 268 g/mol. The summed E-state index contributed by atoms with van der Waals surface area (Å²) in [6, 6.07) is 1.68. The Balaban J connectivity index is 1.60. The Morgan fingerprint density at radius 1 is 1.43 bits per heavy atom. The highest BCUT2D eigenvalue weighted by molar-refractivity contribution is 5.92. The highest BCUT2D eigenvalue weighted by Gasteiger charge is 2.15. The lowest BCUT2D eigenvalue weighted by Gasteiger charge is -2.04. The standard InChI is InChI=1S/C15H18N4O2/c1-2-4-11-7-13(19-21-11)15(20)17-9-14-16-8-10-5-3-6-12(10)18-14/h7-8H,2-6,9H2,1H3,(H,17,20). The molecule has 0 fully saturated rings. The minimum Gasteiger partial charge on any atom is -0.361 e. The Morgan fingerprint density at radius 2 is 2.33 bits per heavy atom. The zero-order valence-electron chi connectivity index (χ0n) is 12.1. The molecule has 2 aromatic rings. The van der Waals surface area contributed by atoms with E-state index in [1.165, 1.54) is 5.56 Å². The van der Waals surface area contributed by atoms with Crippen molar-refractivity contribution >= 4 is 5.91 Å². The molecule has 1 N–H and O–H groups in total. The van der Waals surface area contributed by atoms with Crippen LogP contribution in [0.3, 0.4) is 0 Å². The van der Waals surface area contributed by atoms with Crippen molar-refractivity contribution in [2.45, 2.75) is 45.6 Å². The smallest absolute Gasteiger partial charge is 0.273 e. The lowest BCUT2D eigenvalue weighted by atomic mass is 10.2. The van der Waals surface area contributed by atoms with Crippen LogP contribution in [0.15, 0.2) is 16.8 Å². The summed E-state index contributed by atoms with van der Waals surface area (Å²) in [5.74, 6) is 1.11. The van der Waals surface area contributed by atoms with Crippen LogP contribution in [-0.4, -0.2) is 21.0 Å². The van der Waals surface area contributed by atoms with Gasteiger partial charge in [-0.2, -0.15) is 0 Å². The predicted molar refractivity (Wildman–Crippen MR) is 75.7 cm³/mol. The van der Waals surface area contributed by atoms with E-state index < -0.39 is 0 Å². The fraction of sp³-hybridized carbons (Fsp3) is 0.467. The second-order valence-corrected chi connectivity index (χ2v) is 5.22. The van der Waals surface area contributed by atoms with E-state index in [2.05, 4.69) is 20.4 Å². The van der Waals surface area contributed by atoms with Gasteiger partial charge in [-0.1, -0.05) is 12.1 Å². The molecule has 2 heterocycles. The number of carbonyl (C=O) groups is 1. The fourth-order valence-corrected chi connectivity index (χ4v) is 2.47. The Hall–Kier alpha value is -2.24. The first kappa shape index (κ1) is 13.7. The zero-order valence-corrected chi connectivity index (χ0v) is 12.1. The third kappa shape index (κ3) is 3.09. The number of fused-ring (bicyclic) bond motifs is 1. The van der Waals surface area contributed by atoms with E-state index in [4.69, 9.17) is 4.52 Å². The molecule has 0 bridgehead atoms. The number of aryl methyl sites for hydroxylation is 3. The number of nitrogens with zero attached hydrogens (tertiary/aromatic N) is 3. The van der Waals surface area contributed by atoms with Gasteiger partial charge in [-0.3, -0.25) is 4.79 Å². The van der Waals surface area contributed by atoms with Gasteiger partial charge in [0.15, 0.2) is 5.69 Å². The van der Waals surface area contributed by atoms with E-state index in [0.717, 1.165) is 43.6 Å². The number of rotatable bonds is 5. The normalized spacial score (nSPS) is 13.2. The summed E-state index contributed by atoms with van der Waals surface area (Å²) in [6.45, 7) is 2.36. The minimum atomic E-state index is -0.259. The third-order valence-corrected chi connectivity index (χ3v) is 3.56. The molecule has 0 saturated carbocycles. The van der Waals surface area contributed by atoms with Gasteiger partial charge < -0.3 is 9.84 Å². The maximum absolute atomic E-state index is 12.0. The topological polar surface area (TPSA) is 80.9 Å². The number of aromatic nitrogens is 3. The first-order chi connectivity index (χ1) is 10.3. The van der Waals surface area contributed by atoms with Gasteiger partial charge in [0.2, 0.25) is 0 Å². The third-order valence-electron chi connectivity index (χ3n) is 3.56. The maximum Gasteiger partial charge on any atom is 0.273 e. The Morgan fingerprint density at radius 3 is 3.19 bits per heavy atom. The Kier molecular flexibility index (Phi) is 3.94. The second kappa shape index (κ2) is 6.03. The SMILES string of the molecule is CCCc1cc(C(=O)NCc2ncc3c(n2)CCC3)no1. The van der Waals surface area contributed by atoms with Gasteiger partial charge in [0.25, 0.3) is 5.91 Å². The number of amides is 1. The first-order valence-electron chi connectivity index (χ1n) is 7.33. The van der Waals surface area contributed by atoms with E-state index in [0.29, 0.717) is 18.1 Å². The van der Waals surface area contributed by atoms with E-state index >= 15 is 0 Å². The van der Waals surface area contributed by atoms with Crippen molar-refractivity contribution in [3.8, 4) is 0 Å². The van der Waals surface area contributed by atoms with Crippen LogP contribution in [0.25, 0.3) is 0 Å². The number of hydrogen-bond donors (Lipinski definition) is 1. The Bertz CT molecular complexity index is 651. The number of hydrogen-bond acceptors (Lipinski definition) is 5. The van der Waals surface area contributed by atoms with Crippen LogP contribution in [0.1, 0.15) is 53.1 Å². The van der Waals surface area contributed by atoms with Crippen molar-refractivity contribution in [2.24, 2.45) is 0 Å². The van der Waals surface area contributed by atoms with E-state index in [-0.39, 0.29) is 5.91 Å². The highest BCUT2D eigenvalue weighted by Crippen LogP contribution is 2.18. The van der Waals surface area contributed by atoms with Gasteiger partial charge in [-0.25, -0.2) is 9.97 Å². The van der Waals surface area contributed by atoms with Gasteiger partial charge in [-0.05, 0) is 31.2 Å². The van der Waals surface area contributed by atoms with E-state index in [1.54, 1.807) is 6.07 Å². The average molecular weight is 286 g/mol. The van der Waals surface area contributed by atoms with Gasteiger partial charge >= 0.3 is 0 Å². The molecule has 0 aliphatic heterocycles. The van der Waals surface area contributed by atoms with Gasteiger partial charge in [0.05, 0.1) is 6.54 Å². The molecule has 6 heteroatoms. The Labute approximate surface area is 123 Å².